The summed E-state index contributed by atoms with van der Waals surface area (Å²) in [4.78, 5) is 33.7. The largest absolute Gasteiger partial charge is 0.396 e. The van der Waals surface area contributed by atoms with E-state index in [9.17, 15) is 9.59 Å². The van der Waals surface area contributed by atoms with Crippen LogP contribution in [0.1, 0.15) is 33.6 Å². The van der Waals surface area contributed by atoms with E-state index in [1.165, 1.54) is 0 Å². The van der Waals surface area contributed by atoms with Crippen molar-refractivity contribution in [1.29, 1.82) is 0 Å². The van der Waals surface area contributed by atoms with Gasteiger partial charge in [0.2, 0.25) is 0 Å². The van der Waals surface area contributed by atoms with E-state index in [1.807, 2.05) is 0 Å². The van der Waals surface area contributed by atoms with Crippen molar-refractivity contribution in [1.82, 2.24) is 5.06 Å². The number of oxime groups is 1. The fraction of sp³-hybridized carbons (Fsp3) is 0.308. The molecule has 1 heterocycles. The van der Waals surface area contributed by atoms with Crippen LogP contribution in [0.3, 0.4) is 0 Å². The van der Waals surface area contributed by atoms with Crippen LogP contribution in [0.15, 0.2) is 29.4 Å². The topological polar surface area (TPSA) is 68.2 Å². The van der Waals surface area contributed by atoms with Gasteiger partial charge in [0.15, 0.2) is 0 Å². The Kier molecular flexibility index (Phi) is 4.25. The Morgan fingerprint density at radius 3 is 2.21 bits per heavy atom. The number of carbonyl (C=O) groups is 2. The maximum absolute atomic E-state index is 11.9. The summed E-state index contributed by atoms with van der Waals surface area (Å²) in [6.45, 7) is 3.89. The average Bonchev–Trinajstić information content (AvgIpc) is 2.68. The lowest BCUT2D eigenvalue weighted by atomic mass is 10.1. The van der Waals surface area contributed by atoms with Gasteiger partial charge in [-0.25, -0.2) is 0 Å². The number of hydrogen-bond donors (Lipinski definition) is 0. The molecule has 0 radical (unpaired) electrons. The molecule has 1 aromatic carbocycles. The van der Waals surface area contributed by atoms with Crippen LogP contribution in [0.5, 0.6) is 0 Å². The van der Waals surface area contributed by atoms with Gasteiger partial charge < -0.3 is 4.84 Å². The molecule has 0 bridgehead atoms. The van der Waals surface area contributed by atoms with Crippen LogP contribution in [-0.2, 0) is 9.68 Å². The molecular weight excluding hydrogens is 248 g/mol. The maximum Gasteiger partial charge on any atom is 0.285 e. The predicted molar refractivity (Wildman–Crippen MR) is 67.6 cm³/mol. The molecule has 0 saturated carbocycles. The third kappa shape index (κ3) is 2.79. The summed E-state index contributed by atoms with van der Waals surface area (Å²) in [5, 5.41) is 4.07. The smallest absolute Gasteiger partial charge is 0.285 e. The zero-order chi connectivity index (χ0) is 13.7. The van der Waals surface area contributed by atoms with Crippen LogP contribution in [-0.4, -0.2) is 36.8 Å². The van der Waals surface area contributed by atoms with E-state index in [4.69, 9.17) is 9.68 Å². The standard InChI is InChI=1S/C13H14N2O4/c1-14-18-8-4-5-9-19-15-12(16)10-6-2-3-7-11(10)13(15)17/h2-3,6-7H,1,4-5,8-9H2. The monoisotopic (exact) mass is 262 g/mol. The molecule has 1 aromatic rings. The molecule has 1 aliphatic heterocycles. The molecule has 2 amide bonds. The maximum atomic E-state index is 11.9. The van der Waals surface area contributed by atoms with Crippen LogP contribution in [0.4, 0.5) is 0 Å². The van der Waals surface area contributed by atoms with Gasteiger partial charge in [0.25, 0.3) is 11.8 Å². The van der Waals surface area contributed by atoms with E-state index in [2.05, 4.69) is 11.9 Å². The molecule has 0 unspecified atom stereocenters. The Morgan fingerprint density at radius 1 is 1.05 bits per heavy atom. The number of fused-ring (bicyclic) bond motifs is 1. The van der Waals surface area contributed by atoms with Gasteiger partial charge in [-0.15, -0.1) is 10.2 Å². The second kappa shape index (κ2) is 6.10. The van der Waals surface area contributed by atoms with Crippen molar-refractivity contribution >= 4 is 18.5 Å². The number of unbranched alkanes of at least 4 members (excludes halogenated alkanes) is 1. The number of hydroxylamine groups is 2. The molecule has 0 aromatic heterocycles. The minimum absolute atomic E-state index is 0.270. The Bertz CT molecular complexity index is 466. The van der Waals surface area contributed by atoms with Crippen molar-refractivity contribution in [3.8, 4) is 0 Å². The van der Waals surface area contributed by atoms with Crippen molar-refractivity contribution in [2.24, 2.45) is 5.16 Å². The van der Waals surface area contributed by atoms with Gasteiger partial charge >= 0.3 is 0 Å². The summed E-state index contributed by atoms with van der Waals surface area (Å²) < 4.78 is 0. The number of carbonyl (C=O) groups excluding carboxylic acids is 2. The molecule has 0 saturated heterocycles. The molecule has 0 atom stereocenters. The highest BCUT2D eigenvalue weighted by Gasteiger charge is 2.36. The number of rotatable bonds is 7. The highest BCUT2D eigenvalue weighted by molar-refractivity contribution is 6.20. The second-order valence-corrected chi connectivity index (χ2v) is 3.95. The fourth-order valence-corrected chi connectivity index (χ4v) is 1.77. The van der Waals surface area contributed by atoms with Crippen LogP contribution < -0.4 is 0 Å². The molecule has 6 nitrogen and oxygen atoms in total. The molecule has 6 heteroatoms. The van der Waals surface area contributed by atoms with Gasteiger partial charge in [0.05, 0.1) is 17.7 Å². The van der Waals surface area contributed by atoms with Gasteiger partial charge in [0, 0.05) is 6.72 Å². The van der Waals surface area contributed by atoms with Gasteiger partial charge in [-0.2, -0.15) is 0 Å². The molecule has 0 fully saturated rings. The average molecular weight is 262 g/mol. The normalized spacial score (nSPS) is 13.6. The summed E-state index contributed by atoms with van der Waals surface area (Å²) in [5.74, 6) is -0.825. The third-order valence-corrected chi connectivity index (χ3v) is 2.70. The van der Waals surface area contributed by atoms with E-state index >= 15 is 0 Å². The summed E-state index contributed by atoms with van der Waals surface area (Å²) in [7, 11) is 0. The first-order valence-electron chi connectivity index (χ1n) is 5.94. The van der Waals surface area contributed by atoms with E-state index in [0.29, 0.717) is 30.6 Å². The Morgan fingerprint density at radius 2 is 1.63 bits per heavy atom. The van der Waals surface area contributed by atoms with Gasteiger partial charge in [-0.1, -0.05) is 12.1 Å². The zero-order valence-electron chi connectivity index (χ0n) is 10.4. The number of benzene rings is 1. The van der Waals surface area contributed by atoms with Crippen LogP contribution in [0.25, 0.3) is 0 Å². The first-order valence-corrected chi connectivity index (χ1v) is 5.94. The number of hydrogen-bond acceptors (Lipinski definition) is 5. The van der Waals surface area contributed by atoms with Gasteiger partial charge in [0.1, 0.15) is 6.61 Å². The first kappa shape index (κ1) is 13.2. The van der Waals surface area contributed by atoms with E-state index < -0.39 is 11.8 Å². The molecule has 100 valence electrons. The summed E-state index contributed by atoms with van der Waals surface area (Å²) in [6.07, 6.45) is 1.37. The fourth-order valence-electron chi connectivity index (χ4n) is 1.77. The van der Waals surface area contributed by atoms with Gasteiger partial charge in [-0.3, -0.25) is 14.4 Å². The summed E-state index contributed by atoms with van der Waals surface area (Å²) in [5.41, 5.74) is 0.762. The molecule has 2 rings (SSSR count). The summed E-state index contributed by atoms with van der Waals surface area (Å²) in [6, 6.07) is 6.66. The SMILES string of the molecule is C=NOCCCCON1C(=O)c2ccccc2C1=O. The predicted octanol–water partition coefficient (Wildman–Crippen LogP) is 1.63. The quantitative estimate of drug-likeness (QED) is 0.324. The number of amides is 2. The van der Waals surface area contributed by atoms with Crippen LogP contribution >= 0.6 is 0 Å². The van der Waals surface area contributed by atoms with Gasteiger partial charge in [-0.05, 0) is 25.0 Å². The Labute approximate surface area is 110 Å². The lowest BCUT2D eigenvalue weighted by Crippen LogP contribution is -2.30. The molecule has 0 aliphatic carbocycles. The molecule has 0 spiro atoms. The van der Waals surface area contributed by atoms with Crippen molar-refractivity contribution in [2.45, 2.75) is 12.8 Å². The lowest BCUT2D eigenvalue weighted by molar-refractivity contribution is -0.0929. The number of nitrogens with zero attached hydrogens (tertiary/aromatic N) is 2. The van der Waals surface area contributed by atoms with Crippen molar-refractivity contribution < 1.29 is 19.3 Å². The minimum atomic E-state index is -0.412. The Hall–Kier alpha value is -2.21. The highest BCUT2D eigenvalue weighted by atomic mass is 16.7. The zero-order valence-corrected chi connectivity index (χ0v) is 10.4. The van der Waals surface area contributed by atoms with E-state index in [0.717, 1.165) is 5.06 Å². The summed E-state index contributed by atoms with van der Waals surface area (Å²) >= 11 is 0. The van der Waals surface area contributed by atoms with E-state index in [1.54, 1.807) is 24.3 Å². The third-order valence-electron chi connectivity index (χ3n) is 2.70. The number of imide groups is 1. The van der Waals surface area contributed by atoms with Crippen molar-refractivity contribution in [3.63, 3.8) is 0 Å². The first-order chi connectivity index (χ1) is 9.25. The van der Waals surface area contributed by atoms with Crippen molar-refractivity contribution in [2.75, 3.05) is 13.2 Å². The highest BCUT2D eigenvalue weighted by Crippen LogP contribution is 2.22. The Balaban J connectivity index is 1.85. The molecule has 0 N–H and O–H groups in total. The molecule has 19 heavy (non-hydrogen) atoms. The van der Waals surface area contributed by atoms with Crippen molar-refractivity contribution in [3.05, 3.63) is 35.4 Å². The van der Waals surface area contributed by atoms with Crippen LogP contribution in [0.2, 0.25) is 0 Å². The molecule has 1 aliphatic rings. The van der Waals surface area contributed by atoms with Crippen LogP contribution in [0, 0.1) is 0 Å². The minimum Gasteiger partial charge on any atom is -0.396 e. The molecular formula is C13H14N2O4. The van der Waals surface area contributed by atoms with E-state index in [-0.39, 0.29) is 6.61 Å². The second-order valence-electron chi connectivity index (χ2n) is 3.95. The lowest BCUT2D eigenvalue weighted by Gasteiger charge is -2.12.